The highest BCUT2D eigenvalue weighted by atomic mass is 35.5. The van der Waals surface area contributed by atoms with Crippen LogP contribution in [0.1, 0.15) is 0 Å². The van der Waals surface area contributed by atoms with Crippen LogP contribution in [0.3, 0.4) is 0 Å². The van der Waals surface area contributed by atoms with Crippen molar-refractivity contribution in [2.24, 2.45) is 0 Å². The predicted octanol–water partition coefficient (Wildman–Crippen LogP) is 1.07. The lowest BCUT2D eigenvalue weighted by molar-refractivity contribution is -0.119. The second-order valence-corrected chi connectivity index (χ2v) is 4.09. The zero-order chi connectivity index (χ0) is 13.5. The van der Waals surface area contributed by atoms with Gasteiger partial charge in [-0.3, -0.25) is 4.79 Å². The molecule has 0 unspecified atom stereocenters. The van der Waals surface area contributed by atoms with Gasteiger partial charge in [-0.05, 0) is 6.07 Å². The Morgan fingerprint density at radius 2 is 2.39 bits per heavy atom. The van der Waals surface area contributed by atoms with Crippen LogP contribution in [0.4, 0.5) is 10.2 Å². The van der Waals surface area contributed by atoms with Gasteiger partial charge in [0.2, 0.25) is 5.91 Å². The Labute approximate surface area is 110 Å². The molecule has 1 heterocycles. The fourth-order valence-electron chi connectivity index (χ4n) is 1.33. The fourth-order valence-corrected chi connectivity index (χ4v) is 1.47. The number of hydrogen-bond donors (Lipinski definition) is 1. The van der Waals surface area contributed by atoms with Gasteiger partial charge in [-0.1, -0.05) is 11.6 Å². The van der Waals surface area contributed by atoms with Gasteiger partial charge in [0.1, 0.15) is 0 Å². The summed E-state index contributed by atoms with van der Waals surface area (Å²) in [5, 5.41) is 2.85. The maximum absolute atomic E-state index is 13.5. The van der Waals surface area contributed by atoms with Gasteiger partial charge in [0.05, 0.1) is 18.2 Å². The molecular weight excluding hydrogens is 261 g/mol. The van der Waals surface area contributed by atoms with Gasteiger partial charge in [-0.15, -0.1) is 0 Å². The number of likely N-dealkylation sites (N-methyl/N-ethyl adjacent to an activating group) is 1. The van der Waals surface area contributed by atoms with E-state index in [0.29, 0.717) is 13.2 Å². The first-order chi connectivity index (χ1) is 8.54. The minimum atomic E-state index is -0.560. The summed E-state index contributed by atoms with van der Waals surface area (Å²) >= 11 is 5.60. The van der Waals surface area contributed by atoms with E-state index >= 15 is 0 Å². The van der Waals surface area contributed by atoms with E-state index in [0.717, 1.165) is 6.07 Å². The van der Waals surface area contributed by atoms with Crippen LogP contribution in [-0.2, 0) is 9.53 Å². The molecule has 0 fully saturated rings. The van der Waals surface area contributed by atoms with Crippen LogP contribution in [-0.4, -0.2) is 44.7 Å². The summed E-state index contributed by atoms with van der Waals surface area (Å²) in [5.74, 6) is -0.707. The molecule has 7 heteroatoms. The van der Waals surface area contributed by atoms with Crippen LogP contribution < -0.4 is 10.2 Å². The molecule has 0 aromatic carbocycles. The summed E-state index contributed by atoms with van der Waals surface area (Å²) in [6.45, 7) is 0.859. The second-order valence-electron chi connectivity index (χ2n) is 3.66. The summed E-state index contributed by atoms with van der Waals surface area (Å²) in [6, 6.07) is 1.16. The molecule has 0 atom stereocenters. The van der Waals surface area contributed by atoms with Gasteiger partial charge < -0.3 is 15.0 Å². The lowest BCUT2D eigenvalue weighted by Crippen LogP contribution is -2.37. The van der Waals surface area contributed by atoms with Gasteiger partial charge in [0, 0.05) is 26.9 Å². The number of anilines is 1. The van der Waals surface area contributed by atoms with E-state index in [4.69, 9.17) is 16.3 Å². The SMILES string of the molecule is COCCNC(=O)CN(C)c1ncc(Cl)cc1F. The summed E-state index contributed by atoms with van der Waals surface area (Å²) in [4.78, 5) is 16.7. The average molecular weight is 276 g/mol. The Bertz CT molecular complexity index is 417. The third-order valence-corrected chi connectivity index (χ3v) is 2.37. The minimum Gasteiger partial charge on any atom is -0.383 e. The standard InChI is InChI=1S/C11H15ClFN3O2/c1-16(7-10(17)14-3-4-18-2)11-9(13)5-8(12)6-15-11/h5-6H,3-4,7H2,1-2H3,(H,14,17). The zero-order valence-corrected chi connectivity index (χ0v) is 11.0. The second kappa shape index (κ2) is 7.13. The number of methoxy groups -OCH3 is 1. The first kappa shape index (κ1) is 14.7. The maximum Gasteiger partial charge on any atom is 0.239 e. The minimum absolute atomic E-state index is 0.00919. The Hall–Kier alpha value is -1.40. The van der Waals surface area contributed by atoms with Crippen molar-refractivity contribution >= 4 is 23.3 Å². The van der Waals surface area contributed by atoms with Crippen molar-refractivity contribution in [1.29, 1.82) is 0 Å². The number of halogens is 2. The number of aromatic nitrogens is 1. The van der Waals surface area contributed by atoms with Crippen LogP contribution >= 0.6 is 11.6 Å². The molecule has 0 spiro atoms. The van der Waals surface area contributed by atoms with Crippen LogP contribution in [0.2, 0.25) is 5.02 Å². The van der Waals surface area contributed by atoms with Crippen LogP contribution in [0.25, 0.3) is 0 Å². The molecule has 0 aliphatic carbocycles. The highest BCUT2D eigenvalue weighted by molar-refractivity contribution is 6.30. The normalized spacial score (nSPS) is 10.2. The van der Waals surface area contributed by atoms with Crippen molar-refractivity contribution < 1.29 is 13.9 Å². The van der Waals surface area contributed by atoms with Crippen molar-refractivity contribution in [3.05, 3.63) is 23.1 Å². The van der Waals surface area contributed by atoms with E-state index in [2.05, 4.69) is 10.3 Å². The van der Waals surface area contributed by atoms with Gasteiger partial charge in [0.15, 0.2) is 11.6 Å². The molecule has 0 saturated carbocycles. The third kappa shape index (κ3) is 4.46. The molecule has 0 radical (unpaired) electrons. The topological polar surface area (TPSA) is 54.5 Å². The van der Waals surface area contributed by atoms with E-state index < -0.39 is 5.82 Å². The molecule has 1 rings (SSSR count). The highest BCUT2D eigenvalue weighted by Gasteiger charge is 2.12. The summed E-state index contributed by atoms with van der Waals surface area (Å²) in [7, 11) is 3.13. The number of rotatable bonds is 6. The Balaban J connectivity index is 2.54. The Morgan fingerprint density at radius 1 is 1.67 bits per heavy atom. The van der Waals surface area contributed by atoms with Gasteiger partial charge in [-0.2, -0.15) is 0 Å². The number of ether oxygens (including phenoxy) is 1. The largest absolute Gasteiger partial charge is 0.383 e. The molecule has 1 N–H and O–H groups in total. The summed E-state index contributed by atoms with van der Waals surface area (Å²) in [6.07, 6.45) is 1.33. The van der Waals surface area contributed by atoms with Crippen molar-refractivity contribution in [2.45, 2.75) is 0 Å². The van der Waals surface area contributed by atoms with Gasteiger partial charge in [-0.25, -0.2) is 9.37 Å². The quantitative estimate of drug-likeness (QED) is 0.789. The summed E-state index contributed by atoms with van der Waals surface area (Å²) in [5.41, 5.74) is 0. The number of carbonyl (C=O) groups excluding carboxylic acids is 1. The molecule has 5 nitrogen and oxygen atoms in total. The van der Waals surface area contributed by atoms with E-state index in [1.807, 2.05) is 0 Å². The highest BCUT2D eigenvalue weighted by Crippen LogP contribution is 2.18. The smallest absolute Gasteiger partial charge is 0.239 e. The van der Waals surface area contributed by atoms with E-state index in [9.17, 15) is 9.18 Å². The fraction of sp³-hybridized carbons (Fsp3) is 0.455. The lowest BCUT2D eigenvalue weighted by Gasteiger charge is -2.18. The Kier molecular flexibility index (Phi) is 5.80. The zero-order valence-electron chi connectivity index (χ0n) is 10.2. The number of pyridine rings is 1. The number of nitrogens with one attached hydrogen (secondary N) is 1. The molecule has 0 saturated heterocycles. The van der Waals surface area contributed by atoms with E-state index in [-0.39, 0.29) is 23.3 Å². The van der Waals surface area contributed by atoms with Crippen molar-refractivity contribution in [2.75, 3.05) is 38.8 Å². The van der Waals surface area contributed by atoms with E-state index in [1.165, 1.54) is 11.1 Å². The first-order valence-electron chi connectivity index (χ1n) is 5.32. The summed E-state index contributed by atoms with van der Waals surface area (Å²) < 4.78 is 18.3. The number of amides is 1. The molecule has 1 aromatic rings. The molecule has 1 amide bonds. The molecule has 1 aromatic heterocycles. The lowest BCUT2D eigenvalue weighted by atomic mass is 10.4. The number of carbonyl (C=O) groups is 1. The van der Waals surface area contributed by atoms with Gasteiger partial charge >= 0.3 is 0 Å². The van der Waals surface area contributed by atoms with Crippen LogP contribution in [0.15, 0.2) is 12.3 Å². The molecule has 100 valence electrons. The average Bonchev–Trinajstić information content (AvgIpc) is 2.28. The molecule has 18 heavy (non-hydrogen) atoms. The van der Waals surface area contributed by atoms with Crippen molar-refractivity contribution in [1.82, 2.24) is 10.3 Å². The third-order valence-electron chi connectivity index (χ3n) is 2.16. The van der Waals surface area contributed by atoms with Crippen LogP contribution in [0.5, 0.6) is 0 Å². The maximum atomic E-state index is 13.5. The molecule has 0 aliphatic rings. The Morgan fingerprint density at radius 3 is 3.00 bits per heavy atom. The predicted molar refractivity (Wildman–Crippen MR) is 67.4 cm³/mol. The first-order valence-corrected chi connectivity index (χ1v) is 5.70. The number of nitrogens with zero attached hydrogens (tertiary/aromatic N) is 2. The van der Waals surface area contributed by atoms with Crippen molar-refractivity contribution in [3.63, 3.8) is 0 Å². The molecule has 0 aliphatic heterocycles. The molecular formula is C11H15ClFN3O2. The monoisotopic (exact) mass is 275 g/mol. The molecule has 0 bridgehead atoms. The van der Waals surface area contributed by atoms with Gasteiger partial charge in [0.25, 0.3) is 0 Å². The van der Waals surface area contributed by atoms with Crippen LogP contribution in [0, 0.1) is 5.82 Å². The number of hydrogen-bond acceptors (Lipinski definition) is 4. The van der Waals surface area contributed by atoms with E-state index in [1.54, 1.807) is 14.2 Å². The van der Waals surface area contributed by atoms with Crippen molar-refractivity contribution in [3.8, 4) is 0 Å².